The van der Waals surface area contributed by atoms with Gasteiger partial charge in [0.15, 0.2) is 5.60 Å². The molecule has 1 rings (SSSR count). The van der Waals surface area contributed by atoms with E-state index in [-0.39, 0.29) is 18.8 Å². The molecule has 0 radical (unpaired) electrons. The number of hydrogen-bond acceptors (Lipinski definition) is 5. The Bertz CT molecular complexity index is 559. The van der Waals surface area contributed by atoms with Gasteiger partial charge < -0.3 is 15.7 Å². The minimum atomic E-state index is -4.89. The Hall–Kier alpha value is -2.36. The van der Waals surface area contributed by atoms with Crippen molar-refractivity contribution < 1.29 is 28.0 Å². The van der Waals surface area contributed by atoms with Crippen molar-refractivity contribution in [1.29, 1.82) is 0 Å². The highest BCUT2D eigenvalue weighted by Gasteiger charge is 2.50. The van der Waals surface area contributed by atoms with Crippen molar-refractivity contribution in [3.05, 3.63) is 34.4 Å². The zero-order chi connectivity index (χ0) is 17.7. The Morgan fingerprint density at radius 2 is 1.83 bits per heavy atom. The van der Waals surface area contributed by atoms with E-state index in [0.717, 1.165) is 0 Å². The molecule has 0 saturated carbocycles. The average molecular weight is 335 g/mol. The number of anilines is 1. The maximum absolute atomic E-state index is 12.4. The van der Waals surface area contributed by atoms with Crippen molar-refractivity contribution in [2.24, 2.45) is 0 Å². The molecule has 10 heteroatoms. The van der Waals surface area contributed by atoms with Gasteiger partial charge in [-0.25, -0.2) is 0 Å². The normalized spacial score (nSPS) is 14.0. The van der Waals surface area contributed by atoms with E-state index in [2.05, 4.69) is 10.6 Å². The van der Waals surface area contributed by atoms with Gasteiger partial charge in [-0.3, -0.25) is 14.9 Å². The molecule has 0 heterocycles. The van der Waals surface area contributed by atoms with Crippen LogP contribution in [-0.4, -0.2) is 40.8 Å². The number of hydrogen-bond donors (Lipinski definition) is 3. The molecule has 1 aromatic carbocycles. The molecule has 23 heavy (non-hydrogen) atoms. The third-order valence-corrected chi connectivity index (χ3v) is 2.97. The molecule has 0 spiro atoms. The minimum Gasteiger partial charge on any atom is -0.383 e. The molecule has 1 amide bonds. The van der Waals surface area contributed by atoms with Gasteiger partial charge in [0.05, 0.1) is 11.3 Å². The molecule has 0 aromatic heterocycles. The summed E-state index contributed by atoms with van der Waals surface area (Å²) in [6.45, 7) is 0.767. The first kappa shape index (κ1) is 18.7. The topological polar surface area (TPSA) is 104 Å². The Morgan fingerprint density at radius 1 is 1.26 bits per heavy atom. The van der Waals surface area contributed by atoms with E-state index in [9.17, 15) is 33.2 Å². The standard InChI is InChI=1S/C13H16F3N3O4/c1-12(21,13(14,15)16)8-11(20)18-7-6-17-9-2-4-10(5-3-9)19(22)23/h2-5,17,21H,6-8H2,1H3,(H,18,20)/t12-/m0/s1. The van der Waals surface area contributed by atoms with Gasteiger partial charge >= 0.3 is 6.18 Å². The van der Waals surface area contributed by atoms with Crippen LogP contribution in [0.15, 0.2) is 24.3 Å². The number of aliphatic hydroxyl groups is 1. The first-order valence-electron chi connectivity index (χ1n) is 6.57. The van der Waals surface area contributed by atoms with Crippen molar-refractivity contribution in [2.75, 3.05) is 18.4 Å². The number of halogens is 3. The summed E-state index contributed by atoms with van der Waals surface area (Å²) in [6.07, 6.45) is -5.98. The van der Waals surface area contributed by atoms with Crippen LogP contribution in [0.1, 0.15) is 13.3 Å². The van der Waals surface area contributed by atoms with Crippen LogP contribution < -0.4 is 10.6 Å². The molecule has 3 N–H and O–H groups in total. The lowest BCUT2D eigenvalue weighted by Gasteiger charge is -2.25. The van der Waals surface area contributed by atoms with Gasteiger partial charge in [-0.2, -0.15) is 13.2 Å². The number of rotatable bonds is 7. The Morgan fingerprint density at radius 3 is 2.30 bits per heavy atom. The molecule has 0 aliphatic carbocycles. The van der Waals surface area contributed by atoms with Crippen LogP contribution in [0.4, 0.5) is 24.5 Å². The molecule has 0 saturated heterocycles. The second-order valence-electron chi connectivity index (χ2n) is 5.03. The van der Waals surface area contributed by atoms with Crippen LogP contribution in [0.3, 0.4) is 0 Å². The molecule has 0 unspecified atom stereocenters. The van der Waals surface area contributed by atoms with Gasteiger partial charge in [0.25, 0.3) is 5.69 Å². The molecular weight excluding hydrogens is 319 g/mol. The van der Waals surface area contributed by atoms with Crippen LogP contribution in [0.25, 0.3) is 0 Å². The summed E-state index contributed by atoms with van der Waals surface area (Å²) >= 11 is 0. The van der Waals surface area contributed by atoms with Crippen molar-refractivity contribution >= 4 is 17.3 Å². The fourth-order valence-corrected chi connectivity index (χ4v) is 1.59. The number of amides is 1. The predicted octanol–water partition coefficient (Wildman–Crippen LogP) is 1.83. The molecular formula is C13H16F3N3O4. The van der Waals surface area contributed by atoms with Gasteiger partial charge in [-0.1, -0.05) is 0 Å². The molecule has 1 atom stereocenters. The van der Waals surface area contributed by atoms with E-state index in [1.807, 2.05) is 0 Å². The van der Waals surface area contributed by atoms with Gasteiger partial charge in [0.2, 0.25) is 5.91 Å². The van der Waals surface area contributed by atoms with E-state index in [0.29, 0.717) is 12.6 Å². The van der Waals surface area contributed by atoms with Crippen LogP contribution in [-0.2, 0) is 4.79 Å². The molecule has 7 nitrogen and oxygen atoms in total. The summed E-state index contributed by atoms with van der Waals surface area (Å²) in [5.41, 5.74) is -2.59. The van der Waals surface area contributed by atoms with Crippen LogP contribution >= 0.6 is 0 Å². The Kier molecular flexibility index (Phi) is 5.91. The second kappa shape index (κ2) is 7.27. The van der Waals surface area contributed by atoms with E-state index >= 15 is 0 Å². The van der Waals surface area contributed by atoms with Crippen LogP contribution in [0.5, 0.6) is 0 Å². The van der Waals surface area contributed by atoms with Gasteiger partial charge in [-0.15, -0.1) is 0 Å². The van der Waals surface area contributed by atoms with Gasteiger partial charge in [0.1, 0.15) is 0 Å². The van der Waals surface area contributed by atoms with Crippen molar-refractivity contribution in [3.63, 3.8) is 0 Å². The van der Waals surface area contributed by atoms with Crippen molar-refractivity contribution in [3.8, 4) is 0 Å². The maximum Gasteiger partial charge on any atom is 0.417 e. The summed E-state index contributed by atoms with van der Waals surface area (Å²) in [5, 5.41) is 24.7. The summed E-state index contributed by atoms with van der Waals surface area (Å²) in [7, 11) is 0. The molecule has 128 valence electrons. The van der Waals surface area contributed by atoms with Crippen molar-refractivity contribution in [1.82, 2.24) is 5.32 Å². The highest BCUT2D eigenvalue weighted by atomic mass is 19.4. The number of nitrogens with zero attached hydrogens (tertiary/aromatic N) is 1. The predicted molar refractivity (Wildman–Crippen MR) is 75.9 cm³/mol. The largest absolute Gasteiger partial charge is 0.417 e. The highest BCUT2D eigenvalue weighted by molar-refractivity contribution is 5.77. The van der Waals surface area contributed by atoms with Crippen LogP contribution in [0, 0.1) is 10.1 Å². The lowest BCUT2D eigenvalue weighted by atomic mass is 10.0. The van der Waals surface area contributed by atoms with Crippen molar-refractivity contribution in [2.45, 2.75) is 25.1 Å². The number of nitrogens with one attached hydrogen (secondary N) is 2. The third kappa shape index (κ3) is 5.74. The van der Waals surface area contributed by atoms with E-state index < -0.39 is 29.0 Å². The number of carbonyl (C=O) groups is 1. The number of nitro groups is 1. The Labute approximate surface area is 129 Å². The first-order valence-corrected chi connectivity index (χ1v) is 6.57. The second-order valence-corrected chi connectivity index (χ2v) is 5.03. The van der Waals surface area contributed by atoms with E-state index in [1.54, 1.807) is 0 Å². The zero-order valence-corrected chi connectivity index (χ0v) is 12.2. The highest BCUT2D eigenvalue weighted by Crippen LogP contribution is 2.32. The maximum atomic E-state index is 12.4. The smallest absolute Gasteiger partial charge is 0.383 e. The van der Waals surface area contributed by atoms with Crippen LogP contribution in [0.2, 0.25) is 0 Å². The summed E-state index contributed by atoms with van der Waals surface area (Å²) in [4.78, 5) is 21.3. The fraction of sp³-hybridized carbons (Fsp3) is 0.462. The fourth-order valence-electron chi connectivity index (χ4n) is 1.59. The summed E-state index contributed by atoms with van der Waals surface area (Å²) < 4.78 is 37.2. The number of non-ortho nitro benzene ring substituents is 1. The first-order chi connectivity index (χ1) is 10.5. The minimum absolute atomic E-state index is 0.0315. The Balaban J connectivity index is 2.34. The number of nitro benzene ring substituents is 1. The van der Waals surface area contributed by atoms with E-state index in [1.165, 1.54) is 24.3 Å². The molecule has 0 bridgehead atoms. The molecule has 1 aromatic rings. The summed E-state index contributed by atoms with van der Waals surface area (Å²) in [5.74, 6) is -0.933. The number of alkyl halides is 3. The quantitative estimate of drug-likeness (QED) is 0.400. The SMILES string of the molecule is C[C@](O)(CC(=O)NCCNc1ccc([N+](=O)[O-])cc1)C(F)(F)F. The monoisotopic (exact) mass is 335 g/mol. The van der Waals surface area contributed by atoms with Gasteiger partial charge in [-0.05, 0) is 19.1 Å². The number of benzene rings is 1. The molecule has 0 aliphatic heterocycles. The zero-order valence-electron chi connectivity index (χ0n) is 12.2. The molecule has 0 aliphatic rings. The lowest BCUT2D eigenvalue weighted by molar-refractivity contribution is -0.384. The third-order valence-electron chi connectivity index (χ3n) is 2.97. The summed E-state index contributed by atoms with van der Waals surface area (Å²) in [6, 6.07) is 5.52. The van der Waals surface area contributed by atoms with Gasteiger partial charge in [0, 0.05) is 30.9 Å². The number of carbonyl (C=O) groups excluding carboxylic acids is 1. The lowest BCUT2D eigenvalue weighted by Crippen LogP contribution is -2.46. The average Bonchev–Trinajstić information content (AvgIpc) is 2.42. The molecule has 0 fully saturated rings. The van der Waals surface area contributed by atoms with E-state index in [4.69, 9.17) is 0 Å².